The standard InChI is InChI=1S/C23H29N3O2/c1-17-11-18(2)13-21(12-17)24-23(27)16-26-8-6-25(7-9-26)15-19-3-4-22-20(14-19)5-10-28-22/h3-4,11-14H,5-10,15-16H2,1-2H3,(H,24,27)/p+2. The van der Waals surface area contributed by atoms with Crippen LogP contribution in [0, 0.1) is 13.8 Å². The van der Waals surface area contributed by atoms with Gasteiger partial charge in [0, 0.05) is 17.7 Å². The van der Waals surface area contributed by atoms with E-state index in [1.54, 1.807) is 4.90 Å². The van der Waals surface area contributed by atoms with E-state index in [1.165, 1.54) is 27.2 Å². The molecule has 0 spiro atoms. The fraction of sp³-hybridized carbons (Fsp3) is 0.435. The van der Waals surface area contributed by atoms with Crippen LogP contribution in [-0.4, -0.2) is 45.2 Å². The number of benzene rings is 2. The number of amides is 1. The van der Waals surface area contributed by atoms with Crippen LogP contribution in [0.3, 0.4) is 0 Å². The summed E-state index contributed by atoms with van der Waals surface area (Å²) in [5, 5.41) is 3.07. The molecule has 3 N–H and O–H groups in total. The molecule has 1 fully saturated rings. The third-order valence-electron chi connectivity index (χ3n) is 5.79. The van der Waals surface area contributed by atoms with Gasteiger partial charge in [0.2, 0.25) is 0 Å². The first-order valence-corrected chi connectivity index (χ1v) is 10.3. The van der Waals surface area contributed by atoms with Gasteiger partial charge in [-0.05, 0) is 60.9 Å². The minimum absolute atomic E-state index is 0.113. The Morgan fingerprint density at radius 3 is 2.46 bits per heavy atom. The maximum atomic E-state index is 12.4. The summed E-state index contributed by atoms with van der Waals surface area (Å²) in [6.45, 7) is 10.9. The second-order valence-electron chi connectivity index (χ2n) is 8.32. The van der Waals surface area contributed by atoms with Crippen LogP contribution in [0.2, 0.25) is 0 Å². The molecule has 2 aromatic rings. The maximum absolute atomic E-state index is 12.4. The van der Waals surface area contributed by atoms with Gasteiger partial charge in [0.15, 0.2) is 6.54 Å². The number of anilines is 1. The Hall–Kier alpha value is -2.37. The monoisotopic (exact) mass is 381 g/mol. The molecule has 0 aromatic heterocycles. The van der Waals surface area contributed by atoms with Crippen molar-refractivity contribution >= 4 is 11.6 Å². The van der Waals surface area contributed by atoms with E-state index in [9.17, 15) is 4.79 Å². The van der Waals surface area contributed by atoms with Crippen LogP contribution in [0.25, 0.3) is 0 Å². The molecular weight excluding hydrogens is 350 g/mol. The Morgan fingerprint density at radius 1 is 1.00 bits per heavy atom. The van der Waals surface area contributed by atoms with E-state index in [1.807, 2.05) is 12.1 Å². The van der Waals surface area contributed by atoms with Gasteiger partial charge >= 0.3 is 0 Å². The zero-order valence-corrected chi connectivity index (χ0v) is 16.9. The molecule has 1 saturated heterocycles. The van der Waals surface area contributed by atoms with Gasteiger partial charge in [-0.15, -0.1) is 0 Å². The molecular formula is C23H31N3O2+2. The fourth-order valence-corrected chi connectivity index (χ4v) is 4.43. The number of ether oxygens (including phenoxy) is 1. The van der Waals surface area contributed by atoms with Crippen LogP contribution in [0.1, 0.15) is 22.3 Å². The lowest BCUT2D eigenvalue weighted by Crippen LogP contribution is -3.28. The minimum atomic E-state index is 0.113. The van der Waals surface area contributed by atoms with Gasteiger partial charge in [0.25, 0.3) is 5.91 Å². The van der Waals surface area contributed by atoms with E-state index in [-0.39, 0.29) is 5.91 Å². The molecule has 2 aliphatic rings. The SMILES string of the molecule is Cc1cc(C)cc(NC(=O)C[NH+]2CC[NH+](Cc3ccc4c(c3)CCO4)CC2)c1. The van der Waals surface area contributed by atoms with Gasteiger partial charge in [-0.1, -0.05) is 6.07 Å². The van der Waals surface area contributed by atoms with Crippen molar-refractivity contribution in [3.05, 3.63) is 58.7 Å². The van der Waals surface area contributed by atoms with E-state index < -0.39 is 0 Å². The molecule has 2 heterocycles. The molecule has 5 nitrogen and oxygen atoms in total. The molecule has 1 amide bonds. The van der Waals surface area contributed by atoms with E-state index in [0.717, 1.165) is 57.2 Å². The highest BCUT2D eigenvalue weighted by Crippen LogP contribution is 2.25. The largest absolute Gasteiger partial charge is 0.493 e. The molecule has 0 bridgehead atoms. The summed E-state index contributed by atoms with van der Waals surface area (Å²) < 4.78 is 5.60. The highest BCUT2D eigenvalue weighted by molar-refractivity contribution is 5.91. The molecule has 4 rings (SSSR count). The van der Waals surface area contributed by atoms with Crippen molar-refractivity contribution in [1.82, 2.24) is 0 Å². The number of carbonyl (C=O) groups is 1. The minimum Gasteiger partial charge on any atom is -0.493 e. The molecule has 2 aliphatic heterocycles. The van der Waals surface area contributed by atoms with Crippen molar-refractivity contribution in [2.75, 3.05) is 44.6 Å². The topological polar surface area (TPSA) is 47.2 Å². The van der Waals surface area contributed by atoms with Crippen molar-refractivity contribution in [2.24, 2.45) is 0 Å². The number of hydrogen-bond donors (Lipinski definition) is 3. The smallest absolute Gasteiger partial charge is 0.279 e. The number of fused-ring (bicyclic) bond motifs is 1. The Kier molecular flexibility index (Phi) is 5.64. The van der Waals surface area contributed by atoms with Crippen LogP contribution in [-0.2, 0) is 17.8 Å². The average molecular weight is 382 g/mol. The summed E-state index contributed by atoms with van der Waals surface area (Å²) in [4.78, 5) is 15.4. The van der Waals surface area contributed by atoms with Crippen LogP contribution in [0.4, 0.5) is 5.69 Å². The summed E-state index contributed by atoms with van der Waals surface area (Å²) >= 11 is 0. The summed E-state index contributed by atoms with van der Waals surface area (Å²) in [6.07, 6.45) is 1.03. The first kappa shape index (κ1) is 19.0. The van der Waals surface area contributed by atoms with E-state index >= 15 is 0 Å². The van der Waals surface area contributed by atoms with Gasteiger partial charge in [0.1, 0.15) is 38.5 Å². The van der Waals surface area contributed by atoms with Crippen LogP contribution in [0.15, 0.2) is 36.4 Å². The zero-order valence-electron chi connectivity index (χ0n) is 16.9. The van der Waals surface area contributed by atoms with Crippen molar-refractivity contribution < 1.29 is 19.3 Å². The average Bonchev–Trinajstić information content (AvgIpc) is 3.10. The lowest BCUT2D eigenvalue weighted by atomic mass is 10.1. The molecule has 2 aromatic carbocycles. The second-order valence-corrected chi connectivity index (χ2v) is 8.32. The second kappa shape index (κ2) is 8.33. The normalized spacial score (nSPS) is 21.1. The zero-order chi connectivity index (χ0) is 19.5. The number of piperazine rings is 1. The maximum Gasteiger partial charge on any atom is 0.279 e. The Morgan fingerprint density at radius 2 is 1.71 bits per heavy atom. The molecule has 0 unspecified atom stereocenters. The van der Waals surface area contributed by atoms with Gasteiger partial charge in [-0.25, -0.2) is 0 Å². The van der Waals surface area contributed by atoms with Gasteiger partial charge < -0.3 is 19.9 Å². The van der Waals surface area contributed by atoms with Crippen molar-refractivity contribution in [1.29, 1.82) is 0 Å². The Balaban J connectivity index is 1.24. The lowest BCUT2D eigenvalue weighted by molar-refractivity contribution is -1.02. The Labute approximate surface area is 167 Å². The lowest BCUT2D eigenvalue weighted by Gasteiger charge is -2.29. The number of quaternary nitrogens is 2. The van der Waals surface area contributed by atoms with E-state index in [2.05, 4.69) is 43.4 Å². The van der Waals surface area contributed by atoms with Gasteiger partial charge in [-0.2, -0.15) is 0 Å². The number of rotatable bonds is 5. The predicted molar refractivity (Wildman–Crippen MR) is 110 cm³/mol. The molecule has 5 heteroatoms. The number of aryl methyl sites for hydroxylation is 2. The van der Waals surface area contributed by atoms with Crippen LogP contribution >= 0.6 is 0 Å². The first-order chi connectivity index (χ1) is 13.5. The number of carbonyl (C=O) groups excluding carboxylic acids is 1. The molecule has 0 saturated carbocycles. The summed E-state index contributed by atoms with van der Waals surface area (Å²) in [6, 6.07) is 12.8. The predicted octanol–water partition coefficient (Wildman–Crippen LogP) is 0.160. The van der Waals surface area contributed by atoms with Crippen LogP contribution in [0.5, 0.6) is 5.75 Å². The summed E-state index contributed by atoms with van der Waals surface area (Å²) in [5.41, 5.74) is 6.02. The highest BCUT2D eigenvalue weighted by atomic mass is 16.5. The molecule has 0 atom stereocenters. The molecule has 148 valence electrons. The van der Waals surface area contributed by atoms with Gasteiger partial charge in [-0.3, -0.25) is 4.79 Å². The summed E-state index contributed by atoms with van der Waals surface area (Å²) in [5.74, 6) is 1.17. The van der Waals surface area contributed by atoms with Crippen LogP contribution < -0.4 is 19.9 Å². The first-order valence-electron chi connectivity index (χ1n) is 10.3. The quantitative estimate of drug-likeness (QED) is 0.691. The fourth-order valence-electron chi connectivity index (χ4n) is 4.43. The molecule has 28 heavy (non-hydrogen) atoms. The van der Waals surface area contributed by atoms with E-state index in [4.69, 9.17) is 4.74 Å². The van der Waals surface area contributed by atoms with E-state index in [0.29, 0.717) is 6.54 Å². The molecule has 0 aliphatic carbocycles. The molecule has 0 radical (unpaired) electrons. The van der Waals surface area contributed by atoms with Crippen molar-refractivity contribution in [3.8, 4) is 5.75 Å². The van der Waals surface area contributed by atoms with Gasteiger partial charge in [0.05, 0.1) is 6.61 Å². The number of hydrogen-bond acceptors (Lipinski definition) is 2. The van der Waals surface area contributed by atoms with Crippen molar-refractivity contribution in [3.63, 3.8) is 0 Å². The third-order valence-corrected chi connectivity index (χ3v) is 5.79. The highest BCUT2D eigenvalue weighted by Gasteiger charge is 2.25. The third kappa shape index (κ3) is 4.72. The number of nitrogens with one attached hydrogen (secondary N) is 3. The summed E-state index contributed by atoms with van der Waals surface area (Å²) in [7, 11) is 0. The van der Waals surface area contributed by atoms with Crippen molar-refractivity contribution in [2.45, 2.75) is 26.8 Å². The Bertz CT molecular complexity index is 837.